The lowest BCUT2D eigenvalue weighted by Gasteiger charge is -2.24. The monoisotopic (exact) mass is 491 g/mol. The first-order chi connectivity index (χ1) is 17.2. The van der Waals surface area contributed by atoms with E-state index in [-0.39, 0.29) is 30.2 Å². The molecule has 2 aliphatic heterocycles. The maximum Gasteiger partial charge on any atom is 0.387 e. The van der Waals surface area contributed by atoms with Crippen molar-refractivity contribution in [1.82, 2.24) is 24.8 Å². The Morgan fingerprint density at radius 1 is 1.17 bits per heavy atom. The molecule has 2 atom stereocenters. The van der Waals surface area contributed by atoms with Crippen LogP contribution >= 0.6 is 0 Å². The van der Waals surface area contributed by atoms with Crippen LogP contribution in [0.15, 0.2) is 48.8 Å². The summed E-state index contributed by atoms with van der Waals surface area (Å²) < 4.78 is 33.5. The topological polar surface area (TPSA) is 102 Å². The van der Waals surface area contributed by atoms with Gasteiger partial charge in [-0.3, -0.25) is 4.79 Å². The Kier molecular flexibility index (Phi) is 5.04. The Morgan fingerprint density at radius 3 is 2.67 bits per heavy atom. The molecule has 6 rings (SSSR count). The Morgan fingerprint density at radius 2 is 1.94 bits per heavy atom. The zero-order valence-corrected chi connectivity index (χ0v) is 19.6. The van der Waals surface area contributed by atoms with E-state index < -0.39 is 12.2 Å². The van der Waals surface area contributed by atoms with E-state index in [0.717, 1.165) is 22.2 Å². The van der Waals surface area contributed by atoms with Crippen LogP contribution < -0.4 is 10.1 Å². The Bertz CT molecular complexity index is 1490. The van der Waals surface area contributed by atoms with Gasteiger partial charge in [-0.15, -0.1) is 0 Å². The van der Waals surface area contributed by atoms with Crippen molar-refractivity contribution >= 4 is 16.9 Å². The Balaban J connectivity index is 1.51. The third-order valence-electron chi connectivity index (χ3n) is 6.72. The summed E-state index contributed by atoms with van der Waals surface area (Å²) in [6.45, 7) is 0.260. The molecule has 0 unspecified atom stereocenters. The largest absolute Gasteiger partial charge is 0.434 e. The van der Waals surface area contributed by atoms with Crippen molar-refractivity contribution in [1.29, 1.82) is 0 Å². The summed E-state index contributed by atoms with van der Waals surface area (Å²) in [7, 11) is 0. The van der Waals surface area contributed by atoms with E-state index in [0.29, 0.717) is 29.2 Å². The summed E-state index contributed by atoms with van der Waals surface area (Å²) in [6, 6.07) is 9.97. The van der Waals surface area contributed by atoms with Gasteiger partial charge in [0.05, 0.1) is 29.5 Å². The number of nitrogens with one attached hydrogen (secondary N) is 1. The van der Waals surface area contributed by atoms with E-state index in [4.69, 9.17) is 9.72 Å². The molecule has 36 heavy (non-hydrogen) atoms. The zero-order chi connectivity index (χ0) is 25.2. The van der Waals surface area contributed by atoms with Gasteiger partial charge in [0, 0.05) is 23.5 Å². The molecular formula is C26H23F2N5O3. The van der Waals surface area contributed by atoms with Crippen molar-refractivity contribution in [2.75, 3.05) is 0 Å². The SMILES string of the molecule is CC(C)(O)c1ncc(-c2ccc3nc4n(c3c2)[C@@H]2C[C@H]4NC(=O)Cc3cccc(OC(F)F)c32)cn1. The van der Waals surface area contributed by atoms with Crippen LogP contribution in [0.25, 0.3) is 22.2 Å². The number of amides is 1. The number of rotatable bonds is 4. The van der Waals surface area contributed by atoms with Gasteiger partial charge in [0.25, 0.3) is 0 Å². The predicted octanol–water partition coefficient (Wildman–Crippen LogP) is 4.03. The van der Waals surface area contributed by atoms with Crippen LogP contribution in [-0.4, -0.2) is 37.1 Å². The van der Waals surface area contributed by atoms with Crippen LogP contribution in [0.5, 0.6) is 5.75 Å². The highest BCUT2D eigenvalue weighted by Crippen LogP contribution is 2.47. The van der Waals surface area contributed by atoms with Crippen LogP contribution in [0, 0.1) is 0 Å². The van der Waals surface area contributed by atoms with Crippen molar-refractivity contribution in [3.8, 4) is 16.9 Å². The van der Waals surface area contributed by atoms with E-state index in [1.807, 2.05) is 22.8 Å². The molecular weight excluding hydrogens is 468 g/mol. The van der Waals surface area contributed by atoms with Gasteiger partial charge in [0.2, 0.25) is 5.91 Å². The van der Waals surface area contributed by atoms with E-state index in [1.54, 1.807) is 38.4 Å². The second-order valence-electron chi connectivity index (χ2n) is 9.65. The van der Waals surface area contributed by atoms with Crippen molar-refractivity contribution in [2.45, 2.75) is 51.0 Å². The van der Waals surface area contributed by atoms with Crippen molar-refractivity contribution in [3.63, 3.8) is 0 Å². The average molecular weight is 491 g/mol. The number of aliphatic hydroxyl groups is 1. The van der Waals surface area contributed by atoms with Crippen molar-refractivity contribution in [3.05, 3.63) is 71.6 Å². The summed E-state index contributed by atoms with van der Waals surface area (Å²) in [5.41, 5.74) is 3.20. The van der Waals surface area contributed by atoms with Gasteiger partial charge < -0.3 is 19.7 Å². The number of imidazole rings is 1. The highest BCUT2D eigenvalue weighted by molar-refractivity contribution is 5.85. The van der Waals surface area contributed by atoms with Crippen LogP contribution in [0.4, 0.5) is 8.78 Å². The second-order valence-corrected chi connectivity index (χ2v) is 9.65. The molecule has 0 saturated carbocycles. The van der Waals surface area contributed by atoms with Crippen LogP contribution in [-0.2, 0) is 16.8 Å². The van der Waals surface area contributed by atoms with E-state index in [9.17, 15) is 18.7 Å². The van der Waals surface area contributed by atoms with Crippen LogP contribution in [0.2, 0.25) is 0 Å². The molecule has 0 spiro atoms. The molecule has 2 aliphatic rings. The minimum Gasteiger partial charge on any atom is -0.434 e. The highest BCUT2D eigenvalue weighted by atomic mass is 19.3. The summed E-state index contributed by atoms with van der Waals surface area (Å²) in [5.74, 6) is 0.869. The fourth-order valence-electron chi connectivity index (χ4n) is 5.20. The molecule has 4 aromatic rings. The lowest BCUT2D eigenvalue weighted by Crippen LogP contribution is -2.31. The molecule has 0 saturated heterocycles. The summed E-state index contributed by atoms with van der Waals surface area (Å²) >= 11 is 0. The smallest absolute Gasteiger partial charge is 0.387 e. The molecule has 2 N–H and O–H groups in total. The number of carbonyl (C=O) groups excluding carboxylic acids is 1. The van der Waals surface area contributed by atoms with Gasteiger partial charge in [0.1, 0.15) is 17.2 Å². The number of aromatic nitrogens is 4. The third-order valence-corrected chi connectivity index (χ3v) is 6.72. The lowest BCUT2D eigenvalue weighted by atomic mass is 9.92. The quantitative estimate of drug-likeness (QED) is 0.447. The summed E-state index contributed by atoms with van der Waals surface area (Å²) in [6.07, 6.45) is 3.86. The maximum absolute atomic E-state index is 13.3. The molecule has 0 fully saturated rings. The van der Waals surface area contributed by atoms with Crippen molar-refractivity contribution < 1.29 is 23.4 Å². The molecule has 4 heterocycles. The average Bonchev–Trinajstić information content (AvgIpc) is 3.35. The fourth-order valence-corrected chi connectivity index (χ4v) is 5.20. The maximum atomic E-state index is 13.3. The van der Waals surface area contributed by atoms with E-state index in [2.05, 4.69) is 15.3 Å². The van der Waals surface area contributed by atoms with Gasteiger partial charge in [0.15, 0.2) is 5.82 Å². The molecule has 1 amide bonds. The Hall–Kier alpha value is -3.92. The molecule has 10 heteroatoms. The molecule has 2 bridgehead atoms. The third kappa shape index (κ3) is 3.69. The number of nitrogens with zero attached hydrogens (tertiary/aromatic N) is 4. The predicted molar refractivity (Wildman–Crippen MR) is 126 cm³/mol. The minimum absolute atomic E-state index is 0.0711. The standard InChI is InChI=1S/C26H23F2N5O3/c1-26(2,35)24-29-11-15(12-30-24)13-6-7-16-18(8-13)33-19-10-17(23(33)32-16)31-21(34)9-14-4-3-5-20(22(14)19)36-25(27)28/h3-8,11-12,17,19,25,35H,9-10H2,1-2H3,(H,31,34)/t17-,19-/m1/s1. The van der Waals surface area contributed by atoms with E-state index in [1.165, 1.54) is 6.07 Å². The van der Waals surface area contributed by atoms with Crippen LogP contribution in [0.3, 0.4) is 0 Å². The van der Waals surface area contributed by atoms with Gasteiger partial charge in [-0.05, 0) is 49.6 Å². The first-order valence-corrected chi connectivity index (χ1v) is 11.6. The van der Waals surface area contributed by atoms with Crippen molar-refractivity contribution in [2.24, 2.45) is 0 Å². The number of halogens is 2. The second kappa shape index (κ2) is 8.06. The zero-order valence-electron chi connectivity index (χ0n) is 19.6. The molecule has 184 valence electrons. The first-order valence-electron chi connectivity index (χ1n) is 11.6. The summed E-state index contributed by atoms with van der Waals surface area (Å²) in [5, 5.41) is 13.2. The number of benzene rings is 2. The number of hydrogen-bond donors (Lipinski definition) is 2. The molecule has 2 aromatic carbocycles. The molecule has 0 aliphatic carbocycles. The van der Waals surface area contributed by atoms with Crippen LogP contribution in [0.1, 0.15) is 55.1 Å². The van der Waals surface area contributed by atoms with Gasteiger partial charge in [-0.2, -0.15) is 8.78 Å². The normalized spacial score (nSPS) is 19.0. The highest BCUT2D eigenvalue weighted by Gasteiger charge is 2.40. The number of fused-ring (bicyclic) bond motifs is 9. The summed E-state index contributed by atoms with van der Waals surface area (Å²) in [4.78, 5) is 26.1. The lowest BCUT2D eigenvalue weighted by molar-refractivity contribution is -0.121. The Labute approximate surface area is 205 Å². The van der Waals surface area contributed by atoms with E-state index >= 15 is 0 Å². The molecule has 0 radical (unpaired) electrons. The number of carbonyl (C=O) groups is 1. The van der Waals surface area contributed by atoms with Gasteiger partial charge >= 0.3 is 6.61 Å². The number of ether oxygens (including phenoxy) is 1. The number of hydrogen-bond acceptors (Lipinski definition) is 6. The number of alkyl halides is 2. The minimum atomic E-state index is -2.98. The molecule has 2 aromatic heterocycles. The fraction of sp³-hybridized carbons (Fsp3) is 0.308. The first kappa shape index (κ1) is 22.5. The molecule has 8 nitrogen and oxygen atoms in total. The van der Waals surface area contributed by atoms with Gasteiger partial charge in [-0.1, -0.05) is 18.2 Å². The van der Waals surface area contributed by atoms with Gasteiger partial charge in [-0.25, -0.2) is 15.0 Å².